The van der Waals surface area contributed by atoms with Crippen molar-refractivity contribution in [3.63, 3.8) is 0 Å². The van der Waals surface area contributed by atoms with E-state index in [4.69, 9.17) is 5.11 Å². The van der Waals surface area contributed by atoms with Gasteiger partial charge in [0.05, 0.1) is 5.03 Å². The van der Waals surface area contributed by atoms with Crippen LogP contribution in [0.15, 0.2) is 17.2 Å². The summed E-state index contributed by atoms with van der Waals surface area (Å²) in [6.07, 6.45) is 3.18. The summed E-state index contributed by atoms with van der Waals surface area (Å²) in [6, 6.07) is 4.22. The Morgan fingerprint density at radius 2 is 2.00 bits per heavy atom. The molecule has 0 radical (unpaired) electrons. The van der Waals surface area contributed by atoms with Gasteiger partial charge in [-0.1, -0.05) is 6.42 Å². The molecule has 1 rings (SSSR count). The molecular formula is C12H19NOS. The third-order valence-corrected chi connectivity index (χ3v) is 3.12. The first-order valence-corrected chi connectivity index (χ1v) is 6.40. The molecule has 0 spiro atoms. The molecule has 0 bridgehead atoms. The van der Waals surface area contributed by atoms with Crippen LogP contribution < -0.4 is 0 Å². The molecule has 1 heterocycles. The lowest BCUT2D eigenvalue weighted by Gasteiger charge is -2.03. The predicted octanol–water partition coefficient (Wildman–Crippen LogP) is 2.95. The molecule has 15 heavy (non-hydrogen) atoms. The Hall–Kier alpha value is -0.540. The second kappa shape index (κ2) is 6.85. The Labute approximate surface area is 96.1 Å². The van der Waals surface area contributed by atoms with E-state index in [1.165, 1.54) is 5.56 Å². The summed E-state index contributed by atoms with van der Waals surface area (Å²) in [7, 11) is 0. The van der Waals surface area contributed by atoms with Crippen molar-refractivity contribution < 1.29 is 5.11 Å². The van der Waals surface area contributed by atoms with Crippen LogP contribution >= 0.6 is 11.8 Å². The lowest BCUT2D eigenvalue weighted by Crippen LogP contribution is -1.89. The fraction of sp³-hybridized carbons (Fsp3) is 0.583. The Bertz CT molecular complexity index is 281. The highest BCUT2D eigenvalue weighted by molar-refractivity contribution is 7.99. The minimum absolute atomic E-state index is 0.312. The van der Waals surface area contributed by atoms with Crippen molar-refractivity contribution in [1.82, 2.24) is 4.98 Å². The SMILES string of the molecule is Cc1cc(C)nc(SCCCCCO)c1. The lowest BCUT2D eigenvalue weighted by atomic mass is 10.3. The number of hydrogen-bond donors (Lipinski definition) is 1. The minimum Gasteiger partial charge on any atom is -0.396 e. The zero-order valence-electron chi connectivity index (χ0n) is 9.49. The summed E-state index contributed by atoms with van der Waals surface area (Å²) in [6.45, 7) is 4.44. The fourth-order valence-electron chi connectivity index (χ4n) is 1.45. The highest BCUT2D eigenvalue weighted by Gasteiger charge is 1.98. The van der Waals surface area contributed by atoms with E-state index < -0.39 is 0 Å². The maximum Gasteiger partial charge on any atom is 0.0965 e. The number of unbranched alkanes of at least 4 members (excludes halogenated alkanes) is 2. The van der Waals surface area contributed by atoms with Crippen molar-refractivity contribution in [3.05, 3.63) is 23.4 Å². The van der Waals surface area contributed by atoms with Crippen molar-refractivity contribution in [2.75, 3.05) is 12.4 Å². The number of aliphatic hydroxyl groups is 1. The maximum absolute atomic E-state index is 8.64. The molecule has 0 saturated heterocycles. The fourth-order valence-corrected chi connectivity index (χ4v) is 2.48. The van der Waals surface area contributed by atoms with Gasteiger partial charge in [0.2, 0.25) is 0 Å². The molecule has 0 aliphatic rings. The van der Waals surface area contributed by atoms with Crippen LogP contribution in [0.2, 0.25) is 0 Å². The lowest BCUT2D eigenvalue weighted by molar-refractivity contribution is 0.284. The molecule has 0 aromatic carbocycles. The van der Waals surface area contributed by atoms with Crippen LogP contribution in [0.5, 0.6) is 0 Å². The van der Waals surface area contributed by atoms with Gasteiger partial charge in [0.25, 0.3) is 0 Å². The number of aromatic nitrogens is 1. The van der Waals surface area contributed by atoms with Crippen LogP contribution in [0.3, 0.4) is 0 Å². The van der Waals surface area contributed by atoms with Gasteiger partial charge in [0.15, 0.2) is 0 Å². The summed E-state index contributed by atoms with van der Waals surface area (Å²) < 4.78 is 0. The van der Waals surface area contributed by atoms with E-state index in [9.17, 15) is 0 Å². The first kappa shape index (κ1) is 12.5. The highest BCUT2D eigenvalue weighted by Crippen LogP contribution is 2.19. The molecular weight excluding hydrogens is 206 g/mol. The van der Waals surface area contributed by atoms with Crippen LogP contribution in [0.25, 0.3) is 0 Å². The summed E-state index contributed by atoms with van der Waals surface area (Å²) in [4.78, 5) is 4.47. The zero-order valence-corrected chi connectivity index (χ0v) is 10.3. The predicted molar refractivity (Wildman–Crippen MR) is 65.4 cm³/mol. The second-order valence-electron chi connectivity index (χ2n) is 3.76. The topological polar surface area (TPSA) is 33.1 Å². The van der Waals surface area contributed by atoms with Crippen molar-refractivity contribution in [1.29, 1.82) is 0 Å². The summed E-state index contributed by atoms with van der Waals surface area (Å²) in [5, 5.41) is 9.76. The highest BCUT2D eigenvalue weighted by atomic mass is 32.2. The van der Waals surface area contributed by atoms with Gasteiger partial charge in [-0.25, -0.2) is 4.98 Å². The number of hydrogen-bond acceptors (Lipinski definition) is 3. The van der Waals surface area contributed by atoms with Gasteiger partial charge in [-0.05, 0) is 50.1 Å². The van der Waals surface area contributed by atoms with Crippen LogP contribution in [0, 0.1) is 13.8 Å². The number of aliphatic hydroxyl groups excluding tert-OH is 1. The maximum atomic E-state index is 8.64. The van der Waals surface area contributed by atoms with Crippen LogP contribution in [-0.2, 0) is 0 Å². The molecule has 0 atom stereocenters. The Morgan fingerprint density at radius 1 is 1.20 bits per heavy atom. The molecule has 84 valence electrons. The van der Waals surface area contributed by atoms with Gasteiger partial charge in [-0.2, -0.15) is 0 Å². The molecule has 0 aliphatic heterocycles. The van der Waals surface area contributed by atoms with E-state index >= 15 is 0 Å². The molecule has 1 aromatic rings. The van der Waals surface area contributed by atoms with E-state index in [0.717, 1.165) is 35.7 Å². The van der Waals surface area contributed by atoms with Gasteiger partial charge < -0.3 is 5.11 Å². The van der Waals surface area contributed by atoms with Crippen molar-refractivity contribution in [3.8, 4) is 0 Å². The molecule has 0 saturated carbocycles. The summed E-state index contributed by atoms with van der Waals surface area (Å²) in [5.41, 5.74) is 2.37. The number of pyridine rings is 1. The minimum atomic E-state index is 0.312. The Morgan fingerprint density at radius 3 is 2.67 bits per heavy atom. The van der Waals surface area contributed by atoms with Crippen LogP contribution in [0.4, 0.5) is 0 Å². The summed E-state index contributed by atoms with van der Waals surface area (Å²) in [5.74, 6) is 1.09. The van der Waals surface area contributed by atoms with E-state index in [2.05, 4.69) is 24.0 Å². The van der Waals surface area contributed by atoms with Crippen molar-refractivity contribution >= 4 is 11.8 Å². The largest absolute Gasteiger partial charge is 0.396 e. The number of nitrogens with zero attached hydrogens (tertiary/aromatic N) is 1. The van der Waals surface area contributed by atoms with Crippen LogP contribution in [0.1, 0.15) is 30.5 Å². The van der Waals surface area contributed by atoms with Gasteiger partial charge in [0.1, 0.15) is 0 Å². The van der Waals surface area contributed by atoms with E-state index in [1.54, 1.807) is 11.8 Å². The molecule has 0 aliphatic carbocycles. The third-order valence-electron chi connectivity index (χ3n) is 2.13. The summed E-state index contributed by atoms with van der Waals surface area (Å²) >= 11 is 1.81. The molecule has 0 fully saturated rings. The molecule has 2 nitrogen and oxygen atoms in total. The van der Waals surface area contributed by atoms with E-state index in [0.29, 0.717) is 6.61 Å². The average molecular weight is 225 g/mol. The molecule has 0 amide bonds. The first-order chi connectivity index (χ1) is 7.22. The van der Waals surface area contributed by atoms with Gasteiger partial charge in [-0.15, -0.1) is 11.8 Å². The second-order valence-corrected chi connectivity index (χ2v) is 4.87. The Kier molecular flexibility index (Phi) is 5.73. The third kappa shape index (κ3) is 5.19. The number of rotatable bonds is 6. The monoisotopic (exact) mass is 225 g/mol. The standard InChI is InChI=1S/C12H19NOS/c1-10-8-11(2)13-12(9-10)15-7-5-3-4-6-14/h8-9,14H,3-7H2,1-2H3. The molecule has 1 aromatic heterocycles. The molecule has 0 unspecified atom stereocenters. The number of thioether (sulfide) groups is 1. The normalized spacial score (nSPS) is 10.6. The molecule has 1 N–H and O–H groups in total. The quantitative estimate of drug-likeness (QED) is 0.597. The van der Waals surface area contributed by atoms with Gasteiger partial charge in [-0.3, -0.25) is 0 Å². The Balaban J connectivity index is 2.31. The van der Waals surface area contributed by atoms with Crippen LogP contribution in [-0.4, -0.2) is 22.5 Å². The average Bonchev–Trinajstić information content (AvgIpc) is 2.16. The first-order valence-electron chi connectivity index (χ1n) is 5.41. The van der Waals surface area contributed by atoms with E-state index in [-0.39, 0.29) is 0 Å². The van der Waals surface area contributed by atoms with Crippen molar-refractivity contribution in [2.24, 2.45) is 0 Å². The molecule has 3 heteroatoms. The van der Waals surface area contributed by atoms with Gasteiger partial charge >= 0.3 is 0 Å². The number of aryl methyl sites for hydroxylation is 2. The van der Waals surface area contributed by atoms with E-state index in [1.807, 2.05) is 6.92 Å². The van der Waals surface area contributed by atoms with Crippen molar-refractivity contribution in [2.45, 2.75) is 38.1 Å². The zero-order chi connectivity index (χ0) is 11.1. The smallest absolute Gasteiger partial charge is 0.0965 e. The van der Waals surface area contributed by atoms with Gasteiger partial charge in [0, 0.05) is 12.3 Å².